The molecule has 0 spiro atoms. The average Bonchev–Trinajstić information content (AvgIpc) is 3.04. The summed E-state index contributed by atoms with van der Waals surface area (Å²) >= 11 is 1.27. The molecule has 1 saturated heterocycles. The van der Waals surface area contributed by atoms with Crippen LogP contribution >= 0.6 is 11.3 Å². The Morgan fingerprint density at radius 2 is 2.11 bits per heavy atom. The number of carbonyl (C=O) groups is 1. The van der Waals surface area contributed by atoms with Crippen LogP contribution < -0.4 is 4.90 Å². The number of piperazine rings is 1. The van der Waals surface area contributed by atoms with Crippen LogP contribution in [0.5, 0.6) is 0 Å². The van der Waals surface area contributed by atoms with Gasteiger partial charge >= 0.3 is 5.97 Å². The van der Waals surface area contributed by atoms with E-state index >= 15 is 0 Å². The minimum absolute atomic E-state index is 0.324. The maximum atomic E-state index is 10.8. The van der Waals surface area contributed by atoms with Crippen LogP contribution in [0, 0.1) is 5.92 Å². The van der Waals surface area contributed by atoms with Gasteiger partial charge in [-0.3, -0.25) is 4.90 Å². The highest BCUT2D eigenvalue weighted by molar-refractivity contribution is 7.17. The Kier molecular flexibility index (Phi) is 3.22. The average molecular weight is 267 g/mol. The van der Waals surface area contributed by atoms with Crippen molar-refractivity contribution in [1.29, 1.82) is 0 Å². The molecule has 0 unspecified atom stereocenters. The number of aromatic nitrogens is 1. The van der Waals surface area contributed by atoms with E-state index in [1.165, 1.54) is 36.9 Å². The van der Waals surface area contributed by atoms with Gasteiger partial charge in [-0.25, -0.2) is 9.78 Å². The molecule has 0 aromatic carbocycles. The second-order valence-electron chi connectivity index (χ2n) is 5.04. The van der Waals surface area contributed by atoms with Crippen molar-refractivity contribution < 1.29 is 9.90 Å². The summed E-state index contributed by atoms with van der Waals surface area (Å²) < 4.78 is 0. The Morgan fingerprint density at radius 1 is 1.39 bits per heavy atom. The second kappa shape index (κ2) is 4.85. The minimum atomic E-state index is -0.883. The zero-order chi connectivity index (χ0) is 12.5. The maximum absolute atomic E-state index is 10.8. The van der Waals surface area contributed by atoms with Gasteiger partial charge in [0.15, 0.2) is 5.13 Å². The summed E-state index contributed by atoms with van der Waals surface area (Å²) in [5.41, 5.74) is 0. The smallest absolute Gasteiger partial charge is 0.347 e. The normalized spacial score (nSPS) is 21.2. The van der Waals surface area contributed by atoms with Crippen molar-refractivity contribution >= 4 is 22.4 Å². The third-order valence-corrected chi connectivity index (χ3v) is 4.61. The first-order valence-corrected chi connectivity index (χ1v) is 7.20. The zero-order valence-corrected chi connectivity index (χ0v) is 11.0. The Bertz CT molecular complexity index is 436. The van der Waals surface area contributed by atoms with Crippen LogP contribution in [0.15, 0.2) is 6.20 Å². The van der Waals surface area contributed by atoms with Crippen LogP contribution in [-0.2, 0) is 0 Å². The molecular weight excluding hydrogens is 250 g/mol. The molecule has 1 saturated carbocycles. The number of nitrogens with zero attached hydrogens (tertiary/aromatic N) is 3. The fourth-order valence-electron chi connectivity index (χ4n) is 2.30. The lowest BCUT2D eigenvalue weighted by molar-refractivity contribution is 0.0702. The summed E-state index contributed by atoms with van der Waals surface area (Å²) in [7, 11) is 0. The highest BCUT2D eigenvalue weighted by atomic mass is 32.1. The molecule has 0 radical (unpaired) electrons. The quantitative estimate of drug-likeness (QED) is 0.893. The van der Waals surface area contributed by atoms with Crippen LogP contribution in [0.2, 0.25) is 0 Å². The van der Waals surface area contributed by atoms with Crippen molar-refractivity contribution in [2.75, 3.05) is 37.6 Å². The fourth-order valence-corrected chi connectivity index (χ4v) is 3.10. The summed E-state index contributed by atoms with van der Waals surface area (Å²) in [4.78, 5) is 20.1. The molecule has 6 heteroatoms. The third kappa shape index (κ3) is 2.64. The number of carboxylic acid groups (broad SMARTS) is 1. The number of aromatic carboxylic acids is 1. The lowest BCUT2D eigenvalue weighted by Crippen LogP contribution is -2.46. The molecule has 3 rings (SSSR count). The van der Waals surface area contributed by atoms with Gasteiger partial charge in [-0.2, -0.15) is 0 Å². The lowest BCUT2D eigenvalue weighted by atomic mass is 10.3. The molecular formula is C12H17N3O2S. The minimum Gasteiger partial charge on any atom is -0.477 e. The highest BCUT2D eigenvalue weighted by Crippen LogP contribution is 2.30. The number of hydrogen-bond acceptors (Lipinski definition) is 5. The van der Waals surface area contributed by atoms with Gasteiger partial charge in [-0.05, 0) is 18.8 Å². The van der Waals surface area contributed by atoms with Crippen molar-refractivity contribution in [2.45, 2.75) is 12.8 Å². The van der Waals surface area contributed by atoms with Crippen molar-refractivity contribution in [3.63, 3.8) is 0 Å². The Labute approximate surface area is 110 Å². The molecule has 1 aromatic heterocycles. The highest BCUT2D eigenvalue weighted by Gasteiger charge is 2.27. The molecule has 2 fully saturated rings. The van der Waals surface area contributed by atoms with Gasteiger partial charge in [-0.15, -0.1) is 0 Å². The van der Waals surface area contributed by atoms with Crippen LogP contribution in [0.4, 0.5) is 5.13 Å². The van der Waals surface area contributed by atoms with Gasteiger partial charge in [0.2, 0.25) is 0 Å². The van der Waals surface area contributed by atoms with Crippen LogP contribution in [-0.4, -0.2) is 53.7 Å². The van der Waals surface area contributed by atoms with E-state index in [1.807, 2.05) is 0 Å². The number of thiazole rings is 1. The molecule has 0 amide bonds. The van der Waals surface area contributed by atoms with Gasteiger partial charge in [0.1, 0.15) is 4.88 Å². The molecule has 2 heterocycles. The molecule has 1 aliphatic heterocycles. The molecule has 1 aliphatic carbocycles. The number of anilines is 1. The van der Waals surface area contributed by atoms with Gasteiger partial charge in [0, 0.05) is 32.7 Å². The van der Waals surface area contributed by atoms with E-state index in [4.69, 9.17) is 5.11 Å². The Hall–Kier alpha value is -1.14. The van der Waals surface area contributed by atoms with E-state index < -0.39 is 5.97 Å². The maximum Gasteiger partial charge on any atom is 0.347 e. The van der Waals surface area contributed by atoms with Gasteiger partial charge in [0.05, 0.1) is 6.20 Å². The van der Waals surface area contributed by atoms with Crippen molar-refractivity contribution in [3.05, 3.63) is 11.1 Å². The fraction of sp³-hybridized carbons (Fsp3) is 0.667. The van der Waals surface area contributed by atoms with Gasteiger partial charge in [0.25, 0.3) is 0 Å². The largest absolute Gasteiger partial charge is 0.477 e. The standard InChI is InChI=1S/C12H17N3O2S/c16-11(17)10-7-13-12(18-10)15-5-3-14(4-6-15)8-9-1-2-9/h7,9H,1-6,8H2,(H,16,17). The van der Waals surface area contributed by atoms with Crippen molar-refractivity contribution in [2.24, 2.45) is 5.92 Å². The van der Waals surface area contributed by atoms with E-state index in [0.29, 0.717) is 4.88 Å². The van der Waals surface area contributed by atoms with E-state index in [0.717, 1.165) is 37.2 Å². The van der Waals surface area contributed by atoms with E-state index in [-0.39, 0.29) is 0 Å². The molecule has 0 bridgehead atoms. The first-order chi connectivity index (χ1) is 8.72. The van der Waals surface area contributed by atoms with E-state index in [1.54, 1.807) is 0 Å². The van der Waals surface area contributed by atoms with Crippen LogP contribution in [0.1, 0.15) is 22.5 Å². The molecule has 0 atom stereocenters. The second-order valence-corrected chi connectivity index (χ2v) is 6.05. The molecule has 1 aromatic rings. The van der Waals surface area contributed by atoms with Crippen LogP contribution in [0.25, 0.3) is 0 Å². The molecule has 18 heavy (non-hydrogen) atoms. The predicted molar refractivity (Wildman–Crippen MR) is 70.5 cm³/mol. The SMILES string of the molecule is O=C(O)c1cnc(N2CCN(CC3CC3)CC2)s1. The molecule has 2 aliphatic rings. The van der Waals surface area contributed by atoms with E-state index in [9.17, 15) is 4.79 Å². The van der Waals surface area contributed by atoms with Crippen LogP contribution in [0.3, 0.4) is 0 Å². The number of rotatable bonds is 4. The van der Waals surface area contributed by atoms with Gasteiger partial charge in [-0.1, -0.05) is 11.3 Å². The van der Waals surface area contributed by atoms with Gasteiger partial charge < -0.3 is 10.0 Å². The zero-order valence-electron chi connectivity index (χ0n) is 10.2. The predicted octanol–water partition coefficient (Wildman–Crippen LogP) is 1.37. The number of hydrogen-bond donors (Lipinski definition) is 1. The summed E-state index contributed by atoms with van der Waals surface area (Å²) in [6.45, 7) is 5.29. The number of carboxylic acids is 1. The Balaban J connectivity index is 1.55. The molecule has 5 nitrogen and oxygen atoms in total. The topological polar surface area (TPSA) is 56.7 Å². The first-order valence-electron chi connectivity index (χ1n) is 6.39. The Morgan fingerprint density at radius 3 is 2.67 bits per heavy atom. The summed E-state index contributed by atoms with van der Waals surface area (Å²) in [6, 6.07) is 0. The van der Waals surface area contributed by atoms with E-state index in [2.05, 4.69) is 14.8 Å². The summed E-state index contributed by atoms with van der Waals surface area (Å²) in [6.07, 6.45) is 4.25. The van der Waals surface area contributed by atoms with Crippen molar-refractivity contribution in [1.82, 2.24) is 9.88 Å². The first kappa shape index (κ1) is 11.9. The molecule has 1 N–H and O–H groups in total. The van der Waals surface area contributed by atoms with Crippen molar-refractivity contribution in [3.8, 4) is 0 Å². The third-order valence-electron chi connectivity index (χ3n) is 3.56. The summed E-state index contributed by atoms with van der Waals surface area (Å²) in [5.74, 6) is 0.0566. The monoisotopic (exact) mass is 267 g/mol. The molecule has 98 valence electrons. The summed E-state index contributed by atoms with van der Waals surface area (Å²) in [5, 5.41) is 9.73. The lowest BCUT2D eigenvalue weighted by Gasteiger charge is -2.34.